The number of carbonyl (C=O) groups is 2. The van der Waals surface area contributed by atoms with E-state index in [0.717, 1.165) is 40.3 Å². The van der Waals surface area contributed by atoms with Crippen molar-refractivity contribution in [3.63, 3.8) is 0 Å². The van der Waals surface area contributed by atoms with Crippen molar-refractivity contribution in [2.24, 2.45) is 0 Å². The first-order valence-electron chi connectivity index (χ1n) is 10.3. The fourth-order valence-corrected chi connectivity index (χ4v) is 4.95. The number of rotatable bonds is 4. The molecule has 0 bridgehead atoms. The SMILES string of the molecule is CCN1C(=O)C(=Cc2cn(CC(=O)N3CCCCC3C)c3ccc(Br)cc23)NC1=S. The van der Waals surface area contributed by atoms with Crippen molar-refractivity contribution in [3.8, 4) is 0 Å². The van der Waals surface area contributed by atoms with Crippen molar-refractivity contribution in [1.82, 2.24) is 19.7 Å². The second-order valence-electron chi connectivity index (χ2n) is 7.84. The van der Waals surface area contributed by atoms with Crippen LogP contribution in [-0.4, -0.2) is 50.4 Å². The summed E-state index contributed by atoms with van der Waals surface area (Å²) in [6.45, 7) is 5.65. The van der Waals surface area contributed by atoms with Crippen LogP contribution in [0.4, 0.5) is 0 Å². The molecule has 8 heteroatoms. The number of nitrogens with zero attached hydrogens (tertiary/aromatic N) is 3. The van der Waals surface area contributed by atoms with Crippen LogP contribution in [-0.2, 0) is 16.1 Å². The number of thiocarbonyl (C=S) groups is 1. The maximum atomic E-state index is 13.0. The van der Waals surface area contributed by atoms with Crippen LogP contribution in [0.3, 0.4) is 0 Å². The maximum Gasteiger partial charge on any atom is 0.276 e. The van der Waals surface area contributed by atoms with E-state index in [1.165, 1.54) is 11.3 Å². The monoisotopic (exact) mass is 488 g/mol. The number of benzene rings is 1. The standard InChI is InChI=1S/C22H25BrN4O2S/c1-3-26-21(29)18(24-22(26)30)10-15-12-25(19-8-7-16(23)11-17(15)19)13-20(28)27-9-5-4-6-14(27)2/h7-8,10-12,14H,3-6,9,13H2,1-2H3,(H,24,30). The van der Waals surface area contributed by atoms with Gasteiger partial charge >= 0.3 is 0 Å². The minimum absolute atomic E-state index is 0.128. The predicted octanol–water partition coefficient (Wildman–Crippen LogP) is 3.88. The molecule has 4 rings (SSSR count). The Bertz CT molecular complexity index is 1060. The molecule has 158 valence electrons. The molecule has 0 radical (unpaired) electrons. The number of hydrogen-bond donors (Lipinski definition) is 1. The number of fused-ring (bicyclic) bond motifs is 1. The molecule has 2 fully saturated rings. The minimum Gasteiger partial charge on any atom is -0.338 e. The molecule has 0 saturated carbocycles. The molecule has 1 unspecified atom stereocenters. The Morgan fingerprint density at radius 3 is 2.87 bits per heavy atom. The van der Waals surface area contributed by atoms with E-state index in [9.17, 15) is 9.59 Å². The average Bonchev–Trinajstić information content (AvgIpc) is 3.18. The average molecular weight is 489 g/mol. The minimum atomic E-state index is -0.128. The Morgan fingerprint density at radius 1 is 1.37 bits per heavy atom. The number of amides is 2. The van der Waals surface area contributed by atoms with Crippen molar-refractivity contribution in [2.45, 2.75) is 45.7 Å². The van der Waals surface area contributed by atoms with E-state index < -0.39 is 0 Å². The van der Waals surface area contributed by atoms with Gasteiger partial charge in [0.15, 0.2) is 5.11 Å². The molecule has 2 aliphatic rings. The quantitative estimate of drug-likeness (QED) is 0.523. The van der Waals surface area contributed by atoms with E-state index in [2.05, 4.69) is 28.2 Å². The van der Waals surface area contributed by atoms with Crippen molar-refractivity contribution < 1.29 is 9.59 Å². The predicted molar refractivity (Wildman–Crippen MR) is 126 cm³/mol. The summed E-state index contributed by atoms with van der Waals surface area (Å²) < 4.78 is 2.92. The molecule has 2 aromatic rings. The number of likely N-dealkylation sites (N-methyl/N-ethyl adjacent to an activating group) is 1. The summed E-state index contributed by atoms with van der Waals surface area (Å²) in [4.78, 5) is 29.2. The number of aromatic nitrogens is 1. The van der Waals surface area contributed by atoms with Gasteiger partial charge in [0.25, 0.3) is 5.91 Å². The van der Waals surface area contributed by atoms with Gasteiger partial charge in [-0.2, -0.15) is 0 Å². The van der Waals surface area contributed by atoms with Crippen LogP contribution >= 0.6 is 28.1 Å². The van der Waals surface area contributed by atoms with Crippen molar-refractivity contribution in [2.75, 3.05) is 13.1 Å². The highest BCUT2D eigenvalue weighted by atomic mass is 79.9. The van der Waals surface area contributed by atoms with Crippen molar-refractivity contribution in [1.29, 1.82) is 0 Å². The van der Waals surface area contributed by atoms with E-state index >= 15 is 0 Å². The molecule has 1 aromatic carbocycles. The van der Waals surface area contributed by atoms with E-state index in [-0.39, 0.29) is 24.4 Å². The molecule has 0 spiro atoms. The summed E-state index contributed by atoms with van der Waals surface area (Å²) >= 11 is 8.80. The molecule has 1 aromatic heterocycles. The first-order chi connectivity index (χ1) is 14.4. The van der Waals surface area contributed by atoms with Gasteiger partial charge in [0, 0.05) is 46.3 Å². The Hall–Kier alpha value is -2.19. The van der Waals surface area contributed by atoms with Gasteiger partial charge in [-0.1, -0.05) is 15.9 Å². The van der Waals surface area contributed by atoms with Crippen LogP contribution in [0.15, 0.2) is 34.6 Å². The van der Waals surface area contributed by atoms with Gasteiger partial charge in [-0.15, -0.1) is 0 Å². The molecule has 6 nitrogen and oxygen atoms in total. The Balaban J connectivity index is 1.69. The van der Waals surface area contributed by atoms with Gasteiger partial charge in [-0.25, -0.2) is 0 Å². The van der Waals surface area contributed by atoms with E-state index in [0.29, 0.717) is 17.4 Å². The number of carbonyl (C=O) groups excluding carboxylic acids is 2. The van der Waals surface area contributed by atoms with Crippen LogP contribution in [0.5, 0.6) is 0 Å². The molecule has 0 aliphatic carbocycles. The highest BCUT2D eigenvalue weighted by molar-refractivity contribution is 9.10. The lowest BCUT2D eigenvalue weighted by atomic mass is 10.0. The topological polar surface area (TPSA) is 57.6 Å². The number of hydrogen-bond acceptors (Lipinski definition) is 3. The van der Waals surface area contributed by atoms with Crippen LogP contribution in [0.1, 0.15) is 38.7 Å². The lowest BCUT2D eigenvalue weighted by Gasteiger charge is -2.33. The Morgan fingerprint density at radius 2 is 2.17 bits per heavy atom. The Kier molecular flexibility index (Phi) is 5.97. The molecule has 1 atom stereocenters. The lowest BCUT2D eigenvalue weighted by molar-refractivity contribution is -0.135. The third-order valence-electron chi connectivity index (χ3n) is 5.88. The van der Waals surface area contributed by atoms with Gasteiger partial charge in [0.05, 0.1) is 0 Å². The van der Waals surface area contributed by atoms with Crippen LogP contribution in [0.2, 0.25) is 0 Å². The zero-order chi connectivity index (χ0) is 21.4. The van der Waals surface area contributed by atoms with Gasteiger partial charge < -0.3 is 14.8 Å². The first-order valence-corrected chi connectivity index (χ1v) is 11.5. The summed E-state index contributed by atoms with van der Waals surface area (Å²) in [6, 6.07) is 6.27. The number of likely N-dealkylation sites (tertiary alicyclic amines) is 1. The first kappa shape index (κ1) is 21.1. The molecule has 2 saturated heterocycles. The zero-order valence-electron chi connectivity index (χ0n) is 17.2. The van der Waals surface area contributed by atoms with Gasteiger partial charge in [-0.3, -0.25) is 14.5 Å². The van der Waals surface area contributed by atoms with Gasteiger partial charge in [0.2, 0.25) is 5.91 Å². The largest absolute Gasteiger partial charge is 0.338 e. The van der Waals surface area contributed by atoms with Crippen LogP contribution in [0.25, 0.3) is 17.0 Å². The molecular formula is C22H25BrN4O2S. The summed E-state index contributed by atoms with van der Waals surface area (Å²) in [5, 5.41) is 4.42. The number of nitrogens with one attached hydrogen (secondary N) is 1. The summed E-state index contributed by atoms with van der Waals surface area (Å²) in [5.74, 6) is 0.00578. The molecule has 30 heavy (non-hydrogen) atoms. The highest BCUT2D eigenvalue weighted by Crippen LogP contribution is 2.28. The van der Waals surface area contributed by atoms with Crippen LogP contribution in [0, 0.1) is 0 Å². The second-order valence-corrected chi connectivity index (χ2v) is 9.15. The molecule has 1 N–H and O–H groups in total. The molecule has 3 heterocycles. The summed E-state index contributed by atoms with van der Waals surface area (Å²) in [5.41, 5.74) is 2.29. The number of halogens is 1. The summed E-state index contributed by atoms with van der Waals surface area (Å²) in [7, 11) is 0. The van der Waals surface area contributed by atoms with E-state index in [4.69, 9.17) is 12.2 Å². The van der Waals surface area contributed by atoms with Gasteiger partial charge in [0.1, 0.15) is 12.2 Å². The maximum absolute atomic E-state index is 13.0. The van der Waals surface area contributed by atoms with E-state index in [1.807, 2.05) is 46.9 Å². The Labute approximate surface area is 190 Å². The third-order valence-corrected chi connectivity index (χ3v) is 6.70. The van der Waals surface area contributed by atoms with Crippen molar-refractivity contribution >= 4 is 62.1 Å². The molecule has 2 aliphatic heterocycles. The highest BCUT2D eigenvalue weighted by Gasteiger charge is 2.29. The number of piperidine rings is 1. The summed E-state index contributed by atoms with van der Waals surface area (Å²) in [6.07, 6.45) is 7.08. The fourth-order valence-electron chi connectivity index (χ4n) is 4.26. The second kappa shape index (κ2) is 8.51. The lowest BCUT2D eigenvalue weighted by Crippen LogP contribution is -2.43. The van der Waals surface area contributed by atoms with E-state index in [1.54, 1.807) is 0 Å². The molecular weight excluding hydrogens is 464 g/mol. The van der Waals surface area contributed by atoms with Gasteiger partial charge in [-0.05, 0) is 69.6 Å². The normalized spacial score (nSPS) is 21.0. The van der Waals surface area contributed by atoms with Crippen molar-refractivity contribution in [3.05, 3.63) is 40.1 Å². The van der Waals surface area contributed by atoms with Crippen LogP contribution < -0.4 is 5.32 Å². The fraction of sp³-hybridized carbons (Fsp3) is 0.409. The molecule has 2 amide bonds. The third kappa shape index (κ3) is 3.90. The smallest absolute Gasteiger partial charge is 0.276 e. The zero-order valence-corrected chi connectivity index (χ0v) is 19.6.